The summed E-state index contributed by atoms with van der Waals surface area (Å²) in [6, 6.07) is 7.46. The first kappa shape index (κ1) is 11.9. The van der Waals surface area contributed by atoms with Gasteiger partial charge in [0.2, 0.25) is 0 Å². The molecule has 0 aliphatic heterocycles. The number of aliphatic hydroxyl groups is 1. The lowest BCUT2D eigenvalue weighted by atomic mass is 10.2. The Morgan fingerprint density at radius 1 is 1.13 bits per heavy atom. The molecule has 0 spiro atoms. The van der Waals surface area contributed by atoms with Crippen molar-refractivity contribution in [3.8, 4) is 5.75 Å². The summed E-state index contributed by atoms with van der Waals surface area (Å²) in [5.74, 6) is 0.831. The minimum absolute atomic E-state index is 0.288. The van der Waals surface area contributed by atoms with Gasteiger partial charge in [-0.15, -0.1) is 0 Å². The van der Waals surface area contributed by atoms with Crippen molar-refractivity contribution in [2.45, 2.75) is 25.7 Å². The summed E-state index contributed by atoms with van der Waals surface area (Å²) in [4.78, 5) is 0. The van der Waals surface area contributed by atoms with Gasteiger partial charge < -0.3 is 15.6 Å². The summed E-state index contributed by atoms with van der Waals surface area (Å²) in [6.45, 7) is 1.00. The van der Waals surface area contributed by atoms with Gasteiger partial charge in [-0.1, -0.05) is 12.5 Å². The molecule has 1 aromatic rings. The van der Waals surface area contributed by atoms with Crippen LogP contribution >= 0.6 is 0 Å². The van der Waals surface area contributed by atoms with Gasteiger partial charge >= 0.3 is 0 Å². The fourth-order valence-corrected chi connectivity index (χ4v) is 1.36. The largest absolute Gasteiger partial charge is 0.494 e. The molecule has 84 valence electrons. The van der Waals surface area contributed by atoms with Gasteiger partial charge in [-0.3, -0.25) is 0 Å². The molecule has 1 aromatic carbocycles. The fraction of sp³-hybridized carbons (Fsp3) is 0.500. The second kappa shape index (κ2) is 7.12. The normalized spacial score (nSPS) is 10.2. The molecule has 15 heavy (non-hydrogen) atoms. The molecule has 0 saturated heterocycles. The average molecular weight is 209 g/mol. The third kappa shape index (κ3) is 5.27. The van der Waals surface area contributed by atoms with Crippen LogP contribution in [0.4, 0.5) is 5.69 Å². The standard InChI is InChI=1S/C12H19NO2/c13-11-6-5-7-12(10-11)15-9-4-2-1-3-8-14/h5-7,10,14H,1-4,8-9,13H2. The van der Waals surface area contributed by atoms with Crippen molar-refractivity contribution in [2.75, 3.05) is 18.9 Å². The lowest BCUT2D eigenvalue weighted by Crippen LogP contribution is -1.98. The minimum atomic E-state index is 0.288. The SMILES string of the molecule is Nc1cccc(OCCCCCCO)c1. The number of hydrogen-bond donors (Lipinski definition) is 2. The van der Waals surface area contributed by atoms with Gasteiger partial charge in [0.25, 0.3) is 0 Å². The summed E-state index contributed by atoms with van der Waals surface area (Å²) < 4.78 is 5.52. The van der Waals surface area contributed by atoms with Crippen molar-refractivity contribution in [3.05, 3.63) is 24.3 Å². The summed E-state index contributed by atoms with van der Waals surface area (Å²) >= 11 is 0. The number of benzene rings is 1. The third-order valence-electron chi connectivity index (χ3n) is 2.18. The van der Waals surface area contributed by atoms with Crippen LogP contribution < -0.4 is 10.5 Å². The highest BCUT2D eigenvalue weighted by Crippen LogP contribution is 2.14. The number of ether oxygens (including phenoxy) is 1. The maximum Gasteiger partial charge on any atom is 0.121 e. The number of unbranched alkanes of at least 4 members (excludes halogenated alkanes) is 3. The Morgan fingerprint density at radius 2 is 1.93 bits per heavy atom. The number of anilines is 1. The molecule has 0 heterocycles. The second-order valence-corrected chi connectivity index (χ2v) is 3.56. The van der Waals surface area contributed by atoms with Crippen LogP contribution in [-0.4, -0.2) is 18.3 Å². The Kier molecular flexibility index (Phi) is 5.63. The smallest absolute Gasteiger partial charge is 0.121 e. The van der Waals surface area contributed by atoms with E-state index in [4.69, 9.17) is 15.6 Å². The Labute approximate surface area is 90.9 Å². The molecule has 0 bridgehead atoms. The van der Waals surface area contributed by atoms with Crippen LogP contribution in [-0.2, 0) is 0 Å². The lowest BCUT2D eigenvalue weighted by molar-refractivity contribution is 0.273. The van der Waals surface area contributed by atoms with E-state index in [-0.39, 0.29) is 6.61 Å². The molecular formula is C12H19NO2. The third-order valence-corrected chi connectivity index (χ3v) is 2.18. The zero-order chi connectivity index (χ0) is 10.9. The van der Waals surface area contributed by atoms with Gasteiger partial charge in [0.15, 0.2) is 0 Å². The van der Waals surface area contributed by atoms with E-state index in [1.807, 2.05) is 24.3 Å². The van der Waals surface area contributed by atoms with Crippen molar-refractivity contribution in [1.82, 2.24) is 0 Å². The Bertz CT molecular complexity index is 276. The molecule has 0 amide bonds. The van der Waals surface area contributed by atoms with Gasteiger partial charge in [0.1, 0.15) is 5.75 Å². The van der Waals surface area contributed by atoms with Crippen LogP contribution in [0, 0.1) is 0 Å². The predicted molar refractivity (Wildman–Crippen MR) is 61.9 cm³/mol. The highest BCUT2D eigenvalue weighted by atomic mass is 16.5. The first-order valence-electron chi connectivity index (χ1n) is 5.42. The first-order valence-corrected chi connectivity index (χ1v) is 5.42. The van der Waals surface area contributed by atoms with Crippen LogP contribution in [0.3, 0.4) is 0 Å². The van der Waals surface area contributed by atoms with E-state index in [0.717, 1.165) is 43.7 Å². The Hall–Kier alpha value is -1.22. The van der Waals surface area contributed by atoms with E-state index >= 15 is 0 Å². The van der Waals surface area contributed by atoms with Gasteiger partial charge in [-0.25, -0.2) is 0 Å². The van der Waals surface area contributed by atoms with Crippen molar-refractivity contribution >= 4 is 5.69 Å². The molecule has 0 atom stereocenters. The lowest BCUT2D eigenvalue weighted by Gasteiger charge is -2.06. The molecule has 3 heteroatoms. The number of rotatable bonds is 7. The van der Waals surface area contributed by atoms with Crippen LogP contribution in [0.25, 0.3) is 0 Å². The highest BCUT2D eigenvalue weighted by Gasteiger charge is 1.94. The van der Waals surface area contributed by atoms with E-state index < -0.39 is 0 Å². The quantitative estimate of drug-likeness (QED) is 0.534. The molecule has 0 aromatic heterocycles. The van der Waals surface area contributed by atoms with Crippen LogP contribution in [0.1, 0.15) is 25.7 Å². The van der Waals surface area contributed by atoms with E-state index in [2.05, 4.69) is 0 Å². The maximum atomic E-state index is 8.59. The van der Waals surface area contributed by atoms with E-state index in [9.17, 15) is 0 Å². The Balaban J connectivity index is 2.10. The monoisotopic (exact) mass is 209 g/mol. The van der Waals surface area contributed by atoms with Crippen molar-refractivity contribution in [1.29, 1.82) is 0 Å². The highest BCUT2D eigenvalue weighted by molar-refractivity contribution is 5.43. The topological polar surface area (TPSA) is 55.5 Å². The second-order valence-electron chi connectivity index (χ2n) is 3.56. The number of aliphatic hydroxyl groups excluding tert-OH is 1. The molecular weight excluding hydrogens is 190 g/mol. The molecule has 3 N–H and O–H groups in total. The zero-order valence-electron chi connectivity index (χ0n) is 8.98. The molecule has 0 saturated carbocycles. The number of hydrogen-bond acceptors (Lipinski definition) is 3. The molecule has 0 unspecified atom stereocenters. The number of nitrogens with two attached hydrogens (primary N) is 1. The van der Waals surface area contributed by atoms with Crippen LogP contribution in [0.5, 0.6) is 5.75 Å². The molecule has 0 aliphatic rings. The molecule has 0 fully saturated rings. The molecule has 0 aliphatic carbocycles. The maximum absolute atomic E-state index is 8.59. The van der Waals surface area contributed by atoms with Gasteiger partial charge in [-0.2, -0.15) is 0 Å². The average Bonchev–Trinajstić information content (AvgIpc) is 2.23. The summed E-state index contributed by atoms with van der Waals surface area (Å²) in [7, 11) is 0. The molecule has 0 radical (unpaired) electrons. The van der Waals surface area contributed by atoms with E-state index in [1.165, 1.54) is 0 Å². The van der Waals surface area contributed by atoms with Gasteiger partial charge in [0, 0.05) is 18.4 Å². The summed E-state index contributed by atoms with van der Waals surface area (Å²) in [5.41, 5.74) is 6.35. The first-order chi connectivity index (χ1) is 7.33. The van der Waals surface area contributed by atoms with E-state index in [0.29, 0.717) is 0 Å². The summed E-state index contributed by atoms with van der Waals surface area (Å²) in [5, 5.41) is 8.59. The molecule has 1 rings (SSSR count). The van der Waals surface area contributed by atoms with Gasteiger partial charge in [0.05, 0.1) is 6.61 Å². The fourth-order valence-electron chi connectivity index (χ4n) is 1.36. The van der Waals surface area contributed by atoms with Crippen LogP contribution in [0.15, 0.2) is 24.3 Å². The van der Waals surface area contributed by atoms with Crippen molar-refractivity contribution in [3.63, 3.8) is 0 Å². The molecule has 3 nitrogen and oxygen atoms in total. The van der Waals surface area contributed by atoms with E-state index in [1.54, 1.807) is 0 Å². The van der Waals surface area contributed by atoms with Crippen molar-refractivity contribution < 1.29 is 9.84 Å². The van der Waals surface area contributed by atoms with Crippen molar-refractivity contribution in [2.24, 2.45) is 0 Å². The van der Waals surface area contributed by atoms with Crippen LogP contribution in [0.2, 0.25) is 0 Å². The zero-order valence-corrected chi connectivity index (χ0v) is 8.98. The van der Waals surface area contributed by atoms with Gasteiger partial charge in [-0.05, 0) is 31.4 Å². The minimum Gasteiger partial charge on any atom is -0.494 e. The predicted octanol–water partition coefficient (Wildman–Crippen LogP) is 2.20. The number of nitrogen functional groups attached to an aromatic ring is 1. The summed E-state index contributed by atoms with van der Waals surface area (Å²) in [6.07, 6.45) is 4.08. The Morgan fingerprint density at radius 3 is 2.67 bits per heavy atom.